The number of aliphatic hydroxyl groups excluding tert-OH is 2. The van der Waals surface area contributed by atoms with Crippen LogP contribution in [0.1, 0.15) is 99.3 Å². The summed E-state index contributed by atoms with van der Waals surface area (Å²) < 4.78 is 5.39. The van der Waals surface area contributed by atoms with Crippen molar-refractivity contribution in [3.05, 3.63) is 58.7 Å². The number of urea groups is 1. The highest BCUT2D eigenvalue weighted by molar-refractivity contribution is 5.86. The molecule has 1 aliphatic rings. The highest BCUT2D eigenvalue weighted by Gasteiger charge is 2.30. The molecule has 1 saturated heterocycles. The highest BCUT2D eigenvalue weighted by atomic mass is 16.5. The first-order valence-corrected chi connectivity index (χ1v) is 25.1. The van der Waals surface area contributed by atoms with Gasteiger partial charge in [-0.15, -0.1) is 0 Å². The molecule has 2 unspecified atom stereocenters. The van der Waals surface area contributed by atoms with Gasteiger partial charge in [-0.1, -0.05) is 30.7 Å². The molecule has 2 aromatic carbocycles. The normalized spacial score (nSPS) is 16.0. The average molecular weight is 1080 g/mol. The number of amides is 5. The zero-order chi connectivity index (χ0) is 56.2. The number of carboxylic acid groups (broad SMARTS) is 5. The van der Waals surface area contributed by atoms with Crippen molar-refractivity contribution in [2.75, 3.05) is 52.5 Å². The van der Waals surface area contributed by atoms with Gasteiger partial charge in [0.15, 0.2) is 0 Å². The molecule has 0 radical (unpaired) electrons. The molecule has 3 rings (SSSR count). The second kappa shape index (κ2) is 33.7. The lowest BCUT2D eigenvalue weighted by molar-refractivity contribution is -0.141. The quantitative estimate of drug-likeness (QED) is 0.0399. The molecular formula is C50H73N7O19. The summed E-state index contributed by atoms with van der Waals surface area (Å²) in [5.74, 6) is -7.37. The fraction of sp³-hybridized carbons (Fsp3) is 0.580. The van der Waals surface area contributed by atoms with E-state index < -0.39 is 92.1 Å². The molecule has 76 heavy (non-hydrogen) atoms. The van der Waals surface area contributed by atoms with E-state index >= 15 is 0 Å². The van der Waals surface area contributed by atoms with Crippen molar-refractivity contribution < 1.29 is 93.8 Å². The molecule has 1 heterocycles. The minimum absolute atomic E-state index is 0.0119. The minimum atomic E-state index is -1.52. The zero-order valence-corrected chi connectivity index (χ0v) is 42.3. The third kappa shape index (κ3) is 25.4. The first kappa shape index (κ1) is 63.2. The fourth-order valence-electron chi connectivity index (χ4n) is 8.20. The average Bonchev–Trinajstić information content (AvgIpc) is 3.34. The van der Waals surface area contributed by atoms with Crippen molar-refractivity contribution in [2.45, 2.75) is 133 Å². The summed E-state index contributed by atoms with van der Waals surface area (Å²) in [7, 11) is 0. The van der Waals surface area contributed by atoms with Gasteiger partial charge in [0.1, 0.15) is 29.7 Å². The van der Waals surface area contributed by atoms with E-state index in [2.05, 4.69) is 26.6 Å². The summed E-state index contributed by atoms with van der Waals surface area (Å²) in [5, 5.41) is 100. The second-order valence-electron chi connectivity index (χ2n) is 18.6. The number of carbonyl (C=O) groups is 9. The number of phenols is 2. The third-order valence-corrected chi connectivity index (χ3v) is 12.3. The van der Waals surface area contributed by atoms with Crippen LogP contribution in [0.25, 0.3) is 0 Å². The van der Waals surface area contributed by atoms with E-state index in [-0.39, 0.29) is 114 Å². The number of aliphatic hydroxyl groups is 2. The van der Waals surface area contributed by atoms with E-state index in [1.54, 1.807) is 24.3 Å². The van der Waals surface area contributed by atoms with Gasteiger partial charge in [0.25, 0.3) is 0 Å². The van der Waals surface area contributed by atoms with Crippen molar-refractivity contribution in [3.8, 4) is 11.5 Å². The Labute approximate surface area is 438 Å². The van der Waals surface area contributed by atoms with Crippen LogP contribution < -0.4 is 26.6 Å². The number of carbonyl (C=O) groups excluding carboxylic acids is 4. The second-order valence-corrected chi connectivity index (χ2v) is 18.6. The molecule has 5 atom stereocenters. The number of aromatic hydroxyl groups is 2. The number of ether oxygens (including phenoxy) is 1. The van der Waals surface area contributed by atoms with Crippen LogP contribution in [0.4, 0.5) is 4.79 Å². The first-order chi connectivity index (χ1) is 36.1. The van der Waals surface area contributed by atoms with Crippen molar-refractivity contribution in [3.63, 3.8) is 0 Å². The Morgan fingerprint density at radius 2 is 1.11 bits per heavy atom. The molecular weight excluding hydrogens is 1000 g/mol. The number of aliphatic carboxylic acids is 5. The molecule has 0 spiro atoms. The Balaban J connectivity index is 1.39. The molecule has 0 aliphatic carbocycles. The van der Waals surface area contributed by atoms with Gasteiger partial charge in [-0.05, 0) is 81.0 Å². The van der Waals surface area contributed by atoms with Crippen LogP contribution in [0.2, 0.25) is 0 Å². The smallest absolute Gasteiger partial charge is 0.326 e. The van der Waals surface area contributed by atoms with E-state index in [0.717, 1.165) is 0 Å². The molecule has 0 aromatic heterocycles. The Morgan fingerprint density at radius 1 is 0.605 bits per heavy atom. The maximum absolute atomic E-state index is 12.7. The molecule has 2 aromatic rings. The van der Waals surface area contributed by atoms with E-state index in [1.807, 2.05) is 0 Å². The van der Waals surface area contributed by atoms with Crippen LogP contribution in [-0.2, 0) is 69.0 Å². The summed E-state index contributed by atoms with van der Waals surface area (Å²) in [4.78, 5) is 110. The standard InChI is InChI=1S/C50H73N7O19/c58-29-41-40(61)24-35(30-76-41)53-44(64)16-11-32-9-14-39(60)34(23-32)26-57(28-47(69)70)21-20-56(27-46(67)68)25-33-22-31(8-13-38(33)59)10-15-43(63)52-18-4-1-2-7-42(62)51-19-5-3-6-36(48(71)72)54-50(75)55-37(49(73)74)12-17-45(65)66/h8-9,13-14,22-23,35-37,40-41,58-61H,1-7,10-12,15-21,24-30H2,(H,51,62)(H,52,63)(H,53,64)(H,65,66)(H,67,68)(H,69,70)(H,71,72)(H,73,74)(H2,54,55,75)/t35?,36-,37-,40-,41?/m0/s1. The summed E-state index contributed by atoms with van der Waals surface area (Å²) in [5.41, 5.74) is 2.16. The Morgan fingerprint density at radius 3 is 1.59 bits per heavy atom. The van der Waals surface area contributed by atoms with Crippen molar-refractivity contribution in [1.29, 1.82) is 0 Å². The van der Waals surface area contributed by atoms with Crippen LogP contribution in [0.3, 0.4) is 0 Å². The third-order valence-electron chi connectivity index (χ3n) is 12.3. The minimum Gasteiger partial charge on any atom is -0.508 e. The number of benzene rings is 2. The Kier molecular flexibility index (Phi) is 28.0. The summed E-state index contributed by atoms with van der Waals surface area (Å²) in [6.07, 6.45) is 1.14. The lowest BCUT2D eigenvalue weighted by atomic mass is 10.0. The van der Waals surface area contributed by atoms with Crippen molar-refractivity contribution in [2.24, 2.45) is 0 Å². The Bertz CT molecular complexity index is 2270. The van der Waals surface area contributed by atoms with Gasteiger partial charge >= 0.3 is 35.9 Å². The lowest BCUT2D eigenvalue weighted by Gasteiger charge is -2.32. The largest absolute Gasteiger partial charge is 0.508 e. The number of rotatable bonds is 37. The van der Waals surface area contributed by atoms with Crippen LogP contribution in [0.5, 0.6) is 11.5 Å². The topological polar surface area (TPSA) is 412 Å². The molecule has 26 heteroatoms. The monoisotopic (exact) mass is 1080 g/mol. The maximum atomic E-state index is 12.7. The van der Waals surface area contributed by atoms with Crippen LogP contribution in [0, 0.1) is 0 Å². The van der Waals surface area contributed by atoms with Gasteiger partial charge in [-0.25, -0.2) is 14.4 Å². The molecule has 5 amide bonds. The first-order valence-electron chi connectivity index (χ1n) is 25.1. The van der Waals surface area contributed by atoms with Gasteiger partial charge < -0.3 is 77.3 Å². The number of phenolic OH excluding ortho intramolecular Hbond substituents is 2. The lowest BCUT2D eigenvalue weighted by Crippen LogP contribution is -2.51. The number of unbranched alkanes of at least 4 members (excludes halogenated alkanes) is 3. The van der Waals surface area contributed by atoms with Crippen LogP contribution in [-0.4, -0.2) is 192 Å². The van der Waals surface area contributed by atoms with E-state index in [9.17, 15) is 84.0 Å². The molecule has 1 fully saturated rings. The summed E-state index contributed by atoms with van der Waals surface area (Å²) in [6, 6.07) is 5.13. The number of aryl methyl sites for hydroxylation is 2. The van der Waals surface area contributed by atoms with Crippen molar-refractivity contribution >= 4 is 53.6 Å². The number of carboxylic acids is 5. The van der Waals surface area contributed by atoms with Gasteiger partial charge in [-0.3, -0.25) is 38.6 Å². The number of hydrogen-bond donors (Lipinski definition) is 14. The van der Waals surface area contributed by atoms with Crippen LogP contribution >= 0.6 is 0 Å². The van der Waals surface area contributed by atoms with Gasteiger partial charge in [0.2, 0.25) is 17.7 Å². The maximum Gasteiger partial charge on any atom is 0.326 e. The van der Waals surface area contributed by atoms with Crippen LogP contribution in [0.15, 0.2) is 36.4 Å². The summed E-state index contributed by atoms with van der Waals surface area (Å²) >= 11 is 0. The van der Waals surface area contributed by atoms with E-state index in [4.69, 9.17) is 9.84 Å². The molecule has 422 valence electrons. The zero-order valence-electron chi connectivity index (χ0n) is 42.3. The van der Waals surface area contributed by atoms with Gasteiger partial charge in [0.05, 0.1) is 38.4 Å². The summed E-state index contributed by atoms with van der Waals surface area (Å²) in [6.45, 7) is -0.427. The van der Waals surface area contributed by atoms with Gasteiger partial charge in [0, 0.05) is 76.1 Å². The number of hydrogen-bond acceptors (Lipinski definition) is 16. The number of nitrogens with one attached hydrogen (secondary N) is 5. The van der Waals surface area contributed by atoms with E-state index in [0.29, 0.717) is 67.3 Å². The molecule has 26 nitrogen and oxygen atoms in total. The molecule has 1 aliphatic heterocycles. The van der Waals surface area contributed by atoms with Gasteiger partial charge in [-0.2, -0.15) is 0 Å². The predicted molar refractivity (Wildman–Crippen MR) is 268 cm³/mol. The fourth-order valence-corrected chi connectivity index (χ4v) is 8.20. The molecule has 0 saturated carbocycles. The highest BCUT2D eigenvalue weighted by Crippen LogP contribution is 2.24. The van der Waals surface area contributed by atoms with E-state index in [1.165, 1.54) is 21.9 Å². The Hall–Kier alpha value is -7.13. The predicted octanol–water partition coefficient (Wildman–Crippen LogP) is 0.0968. The molecule has 0 bridgehead atoms. The van der Waals surface area contributed by atoms with Crippen molar-refractivity contribution in [1.82, 2.24) is 36.4 Å². The number of nitrogens with zero attached hydrogens (tertiary/aromatic N) is 2. The molecule has 14 N–H and O–H groups in total. The SMILES string of the molecule is O=C(O)CC[C@H](NC(=O)N[C@@H](CCCCNC(=O)CCCCCNC(=O)CCc1ccc(O)c(CN(CCN(CC(=O)O)Cc2cc(CCC(=O)NC3COC(CO)[C@@H](O)C3)ccc2O)CC(=O)O)c1)C(=O)O)C(=O)O.